The van der Waals surface area contributed by atoms with Gasteiger partial charge in [0.15, 0.2) is 0 Å². The minimum atomic E-state index is 0.295. The summed E-state index contributed by atoms with van der Waals surface area (Å²) in [6, 6.07) is 0. The van der Waals surface area contributed by atoms with Crippen LogP contribution in [0.4, 0.5) is 0 Å². The van der Waals surface area contributed by atoms with Crippen LogP contribution in [0, 0.1) is 11.8 Å². The minimum absolute atomic E-state index is 0.295. The van der Waals surface area contributed by atoms with Gasteiger partial charge in [-0.2, -0.15) is 11.8 Å². The van der Waals surface area contributed by atoms with Gasteiger partial charge in [0.25, 0.3) is 0 Å². The van der Waals surface area contributed by atoms with Crippen molar-refractivity contribution in [2.45, 2.75) is 37.9 Å². The fourth-order valence-electron chi connectivity index (χ4n) is 1.30. The predicted octanol–water partition coefficient (Wildman–Crippen LogP) is 2.25. The van der Waals surface area contributed by atoms with E-state index in [0.717, 1.165) is 18.6 Å². The number of carbonyl (C=O) groups excluding carboxylic acids is 1. The fourth-order valence-corrected chi connectivity index (χ4v) is 2.56. The van der Waals surface area contributed by atoms with Gasteiger partial charge >= 0.3 is 0 Å². The molecule has 1 unspecified atom stereocenters. The number of hydrogen-bond donors (Lipinski definition) is 0. The number of Topliss-reactive ketones (excluding diaryl/α,β-unsaturated/α-hetero) is 1. The molecule has 1 nitrogen and oxygen atoms in total. The molecule has 0 aromatic carbocycles. The molecule has 66 valence electrons. The van der Waals surface area contributed by atoms with E-state index in [2.05, 4.69) is 11.8 Å². The van der Waals surface area contributed by atoms with E-state index >= 15 is 0 Å². The van der Waals surface area contributed by atoms with Crippen LogP contribution in [0.1, 0.15) is 32.6 Å². The Morgan fingerprint density at radius 3 is 3.08 bits per heavy atom. The lowest BCUT2D eigenvalue weighted by Crippen LogP contribution is -2.12. The molecule has 0 aromatic rings. The second-order valence-electron chi connectivity index (χ2n) is 2.89. The molecular formula is C10H14OS. The number of ketones is 1. The van der Waals surface area contributed by atoms with Crippen LogP contribution in [-0.2, 0) is 4.79 Å². The van der Waals surface area contributed by atoms with E-state index < -0.39 is 0 Å². The predicted molar refractivity (Wildman–Crippen MR) is 53.2 cm³/mol. The Morgan fingerprint density at radius 1 is 1.67 bits per heavy atom. The molecule has 1 rings (SSSR count). The summed E-state index contributed by atoms with van der Waals surface area (Å²) in [5.74, 6) is 7.29. The van der Waals surface area contributed by atoms with Crippen LogP contribution >= 0.6 is 11.8 Å². The summed E-state index contributed by atoms with van der Waals surface area (Å²) in [6.45, 7) is 1.81. The first-order valence-electron chi connectivity index (χ1n) is 4.38. The molecule has 0 N–H and O–H groups in total. The fraction of sp³-hybridized carbons (Fsp3) is 0.700. The lowest BCUT2D eigenvalue weighted by atomic mass is 10.1. The zero-order valence-corrected chi connectivity index (χ0v) is 8.25. The maximum atomic E-state index is 11.4. The van der Waals surface area contributed by atoms with Crippen LogP contribution in [0.3, 0.4) is 0 Å². The molecule has 1 atom stereocenters. The molecule has 1 saturated heterocycles. The maximum absolute atomic E-state index is 11.4. The van der Waals surface area contributed by atoms with Crippen molar-refractivity contribution in [3.05, 3.63) is 0 Å². The van der Waals surface area contributed by atoms with Crippen LogP contribution in [0.25, 0.3) is 0 Å². The van der Waals surface area contributed by atoms with Crippen molar-refractivity contribution in [1.29, 1.82) is 0 Å². The molecule has 1 fully saturated rings. The Kier molecular flexibility index (Phi) is 4.24. The van der Waals surface area contributed by atoms with Crippen LogP contribution in [0.2, 0.25) is 0 Å². The smallest absolute Gasteiger partial charge is 0.146 e. The first kappa shape index (κ1) is 9.67. The van der Waals surface area contributed by atoms with E-state index in [1.807, 2.05) is 18.7 Å². The largest absolute Gasteiger partial charge is 0.298 e. The summed E-state index contributed by atoms with van der Waals surface area (Å²) in [7, 11) is 0. The third kappa shape index (κ3) is 2.91. The first-order chi connectivity index (χ1) is 5.84. The highest BCUT2D eigenvalue weighted by molar-refractivity contribution is 8.00. The molecule has 12 heavy (non-hydrogen) atoms. The van der Waals surface area contributed by atoms with Gasteiger partial charge in [0.2, 0.25) is 0 Å². The minimum Gasteiger partial charge on any atom is -0.298 e. The highest BCUT2D eigenvalue weighted by Crippen LogP contribution is 2.27. The number of carbonyl (C=O) groups is 1. The highest BCUT2D eigenvalue weighted by atomic mass is 32.2. The SMILES string of the molecule is CC#CCCC(=O)C1CCCS1. The van der Waals surface area contributed by atoms with Gasteiger partial charge in [-0.25, -0.2) is 0 Å². The van der Waals surface area contributed by atoms with Crippen LogP contribution < -0.4 is 0 Å². The summed E-state index contributed by atoms with van der Waals surface area (Å²) < 4.78 is 0. The molecule has 0 amide bonds. The maximum Gasteiger partial charge on any atom is 0.146 e. The lowest BCUT2D eigenvalue weighted by Gasteiger charge is -2.04. The van der Waals surface area contributed by atoms with Gasteiger partial charge in [-0.05, 0) is 25.5 Å². The molecule has 0 radical (unpaired) electrons. The third-order valence-electron chi connectivity index (χ3n) is 1.96. The Balaban J connectivity index is 2.21. The van der Waals surface area contributed by atoms with E-state index in [-0.39, 0.29) is 0 Å². The van der Waals surface area contributed by atoms with Crippen molar-refractivity contribution in [2.75, 3.05) is 5.75 Å². The number of rotatable bonds is 3. The molecule has 0 saturated carbocycles. The monoisotopic (exact) mass is 182 g/mol. The second kappa shape index (κ2) is 5.27. The van der Waals surface area contributed by atoms with Gasteiger partial charge in [-0.1, -0.05) is 0 Å². The highest BCUT2D eigenvalue weighted by Gasteiger charge is 2.21. The summed E-state index contributed by atoms with van der Waals surface area (Å²) >= 11 is 1.81. The zero-order valence-electron chi connectivity index (χ0n) is 7.43. The van der Waals surface area contributed by atoms with Crippen LogP contribution in [-0.4, -0.2) is 16.8 Å². The molecule has 0 spiro atoms. The Labute approximate surface area is 78.3 Å². The topological polar surface area (TPSA) is 17.1 Å². The van der Waals surface area contributed by atoms with Crippen molar-refractivity contribution >= 4 is 17.5 Å². The summed E-state index contributed by atoms with van der Waals surface area (Å²) in [6.07, 6.45) is 3.69. The van der Waals surface area contributed by atoms with Crippen LogP contribution in [0.5, 0.6) is 0 Å². The summed E-state index contributed by atoms with van der Waals surface area (Å²) in [5, 5.41) is 0.295. The molecule has 1 heterocycles. The van der Waals surface area contributed by atoms with Crippen molar-refractivity contribution in [3.8, 4) is 11.8 Å². The third-order valence-corrected chi connectivity index (χ3v) is 3.39. The normalized spacial score (nSPS) is 21.6. The Hall–Kier alpha value is -0.420. The van der Waals surface area contributed by atoms with Crippen molar-refractivity contribution in [1.82, 2.24) is 0 Å². The second-order valence-corrected chi connectivity index (χ2v) is 4.21. The summed E-state index contributed by atoms with van der Waals surface area (Å²) in [4.78, 5) is 11.4. The molecule has 0 aromatic heterocycles. The first-order valence-corrected chi connectivity index (χ1v) is 5.43. The van der Waals surface area contributed by atoms with Crippen molar-refractivity contribution in [3.63, 3.8) is 0 Å². The van der Waals surface area contributed by atoms with Crippen LogP contribution in [0.15, 0.2) is 0 Å². The van der Waals surface area contributed by atoms with Crippen molar-refractivity contribution in [2.24, 2.45) is 0 Å². The summed E-state index contributed by atoms with van der Waals surface area (Å²) in [5.41, 5.74) is 0. The Morgan fingerprint density at radius 2 is 2.50 bits per heavy atom. The molecule has 1 aliphatic heterocycles. The van der Waals surface area contributed by atoms with E-state index in [0.29, 0.717) is 17.5 Å². The van der Waals surface area contributed by atoms with Gasteiger partial charge < -0.3 is 0 Å². The van der Waals surface area contributed by atoms with Crippen molar-refractivity contribution < 1.29 is 4.79 Å². The number of hydrogen-bond acceptors (Lipinski definition) is 2. The van der Waals surface area contributed by atoms with Gasteiger partial charge in [0.1, 0.15) is 5.78 Å². The average molecular weight is 182 g/mol. The quantitative estimate of drug-likeness (QED) is 0.623. The Bertz CT molecular complexity index is 206. The van der Waals surface area contributed by atoms with E-state index in [1.165, 1.54) is 6.42 Å². The standard InChI is InChI=1S/C10H14OS/c1-2-3-4-6-9(11)10-7-5-8-12-10/h10H,4-8H2,1H3. The van der Waals surface area contributed by atoms with E-state index in [1.54, 1.807) is 0 Å². The number of thioether (sulfide) groups is 1. The van der Waals surface area contributed by atoms with Gasteiger partial charge in [-0.3, -0.25) is 4.79 Å². The van der Waals surface area contributed by atoms with Gasteiger partial charge in [-0.15, -0.1) is 11.8 Å². The van der Waals surface area contributed by atoms with E-state index in [4.69, 9.17) is 0 Å². The molecule has 1 aliphatic rings. The average Bonchev–Trinajstić information content (AvgIpc) is 2.56. The van der Waals surface area contributed by atoms with Gasteiger partial charge in [0.05, 0.1) is 5.25 Å². The zero-order chi connectivity index (χ0) is 8.81. The molecule has 2 heteroatoms. The van der Waals surface area contributed by atoms with E-state index in [9.17, 15) is 4.79 Å². The molecule has 0 bridgehead atoms. The molecule has 0 aliphatic carbocycles. The lowest BCUT2D eigenvalue weighted by molar-refractivity contribution is -0.118. The molecular weight excluding hydrogens is 168 g/mol. The van der Waals surface area contributed by atoms with Gasteiger partial charge in [0, 0.05) is 12.8 Å².